The molecular formula is C24H29N3O4S. The molecule has 0 amide bonds. The number of benzene rings is 2. The minimum absolute atomic E-state index is 0.237. The summed E-state index contributed by atoms with van der Waals surface area (Å²) in [7, 11) is -3.54. The normalized spacial score (nSPS) is 20.2. The smallest absolute Gasteiger partial charge is 0.328 e. The molecule has 0 aliphatic carbocycles. The zero-order valence-electron chi connectivity index (χ0n) is 18.1. The fraction of sp³-hybridized carbons (Fsp3) is 0.417. The summed E-state index contributed by atoms with van der Waals surface area (Å²) in [6.07, 6.45) is 5.08. The molecule has 7 nitrogen and oxygen atoms in total. The summed E-state index contributed by atoms with van der Waals surface area (Å²) in [6.45, 7) is 2.38. The topological polar surface area (TPSA) is 88.1 Å². The van der Waals surface area contributed by atoms with Crippen molar-refractivity contribution in [3.05, 3.63) is 65.7 Å². The van der Waals surface area contributed by atoms with Gasteiger partial charge in [-0.15, -0.1) is 0 Å². The zero-order valence-corrected chi connectivity index (χ0v) is 18.9. The average Bonchev–Trinajstić information content (AvgIpc) is 2.94. The van der Waals surface area contributed by atoms with Gasteiger partial charge >= 0.3 is 5.97 Å². The number of fused-ring (bicyclic) bond motifs is 1. The van der Waals surface area contributed by atoms with Crippen molar-refractivity contribution in [2.75, 3.05) is 26.2 Å². The number of nitrogens with one attached hydrogen (secondary N) is 1. The fourth-order valence-corrected chi connectivity index (χ4v) is 5.49. The second-order valence-corrected chi connectivity index (χ2v) is 9.77. The highest BCUT2D eigenvalue weighted by Crippen LogP contribution is 2.26. The van der Waals surface area contributed by atoms with Gasteiger partial charge in [0.2, 0.25) is 0 Å². The third-order valence-electron chi connectivity index (χ3n) is 5.82. The number of amidine groups is 1. The van der Waals surface area contributed by atoms with Gasteiger partial charge in [-0.25, -0.2) is 13.2 Å². The molecule has 2 aromatic carbocycles. The first-order valence-electron chi connectivity index (χ1n) is 11.2. The zero-order chi connectivity index (χ0) is 22.4. The number of aliphatic imine (C=N–C) groups is 1. The number of rotatable bonds is 7. The minimum Gasteiger partial charge on any atom is -0.464 e. The van der Waals surface area contributed by atoms with Crippen LogP contribution >= 0.6 is 0 Å². The van der Waals surface area contributed by atoms with E-state index in [4.69, 9.17) is 4.74 Å². The molecule has 0 radical (unpaired) electrons. The Balaban J connectivity index is 1.35. The molecule has 0 spiro atoms. The van der Waals surface area contributed by atoms with Crippen molar-refractivity contribution in [1.29, 1.82) is 0 Å². The van der Waals surface area contributed by atoms with Crippen LogP contribution in [0.25, 0.3) is 0 Å². The summed E-state index contributed by atoms with van der Waals surface area (Å²) in [6, 6.07) is 16.2. The first-order chi connectivity index (χ1) is 15.6. The summed E-state index contributed by atoms with van der Waals surface area (Å²) in [5.74, 6) is 0.108. The van der Waals surface area contributed by atoms with E-state index < -0.39 is 16.1 Å². The largest absolute Gasteiger partial charge is 0.464 e. The number of nitrogens with zero attached hydrogens (tertiary/aromatic N) is 2. The Labute approximate surface area is 189 Å². The van der Waals surface area contributed by atoms with Crippen molar-refractivity contribution in [2.24, 2.45) is 4.99 Å². The highest BCUT2D eigenvalue weighted by Gasteiger charge is 2.31. The number of ether oxygens (including phenoxy) is 1. The summed E-state index contributed by atoms with van der Waals surface area (Å²) in [4.78, 5) is 19.9. The standard InChI is InChI=1S/C24H29N3O4S/c28-24(22(19-11-4-3-5-12-19)27-16-8-1-2-9-17-27)31-18-10-15-25-23-20-13-6-7-14-21(20)32(29,30)26-23/h3-7,11-14,22H,1-2,8-10,15-18H2,(H,25,26)/t22-/m1/s1. The number of esters is 1. The Morgan fingerprint density at radius 3 is 2.44 bits per heavy atom. The van der Waals surface area contributed by atoms with Crippen LogP contribution in [0, 0.1) is 0 Å². The SMILES string of the molecule is O=C(OCCCN=C1NS(=O)(=O)c2ccccc21)[C@@H](c1ccccc1)N1CCCCCC1. The summed E-state index contributed by atoms with van der Waals surface area (Å²) >= 11 is 0. The van der Waals surface area contributed by atoms with Gasteiger partial charge in [-0.2, -0.15) is 0 Å². The molecule has 1 N–H and O–H groups in total. The van der Waals surface area contributed by atoms with Crippen LogP contribution in [0.2, 0.25) is 0 Å². The van der Waals surface area contributed by atoms with Gasteiger partial charge in [-0.3, -0.25) is 14.6 Å². The second-order valence-electron chi connectivity index (χ2n) is 8.12. The van der Waals surface area contributed by atoms with E-state index in [-0.39, 0.29) is 17.5 Å². The van der Waals surface area contributed by atoms with Crippen LogP contribution in [0.3, 0.4) is 0 Å². The molecule has 170 valence electrons. The van der Waals surface area contributed by atoms with Crippen molar-refractivity contribution in [3.63, 3.8) is 0 Å². The van der Waals surface area contributed by atoms with Crippen molar-refractivity contribution in [2.45, 2.75) is 43.0 Å². The van der Waals surface area contributed by atoms with Gasteiger partial charge in [-0.05, 0) is 43.6 Å². The van der Waals surface area contributed by atoms with E-state index in [9.17, 15) is 13.2 Å². The van der Waals surface area contributed by atoms with Gasteiger partial charge < -0.3 is 4.74 Å². The maximum Gasteiger partial charge on any atom is 0.328 e. The lowest BCUT2D eigenvalue weighted by Crippen LogP contribution is -2.36. The van der Waals surface area contributed by atoms with Gasteiger partial charge in [0.15, 0.2) is 0 Å². The molecule has 2 aliphatic rings. The molecule has 0 unspecified atom stereocenters. The van der Waals surface area contributed by atoms with Gasteiger partial charge in [0.05, 0.1) is 11.5 Å². The first-order valence-corrected chi connectivity index (χ1v) is 12.7. The van der Waals surface area contributed by atoms with E-state index in [0.29, 0.717) is 24.4 Å². The van der Waals surface area contributed by atoms with E-state index in [0.717, 1.165) is 31.5 Å². The highest BCUT2D eigenvalue weighted by atomic mass is 32.2. The minimum atomic E-state index is -3.54. The van der Waals surface area contributed by atoms with Crippen LogP contribution < -0.4 is 4.72 Å². The Morgan fingerprint density at radius 1 is 1.00 bits per heavy atom. The van der Waals surface area contributed by atoms with E-state index in [1.54, 1.807) is 24.3 Å². The lowest BCUT2D eigenvalue weighted by molar-refractivity contribution is -0.150. The Kier molecular flexibility index (Phi) is 7.22. The Morgan fingerprint density at radius 2 is 1.69 bits per heavy atom. The Bertz CT molecular complexity index is 1060. The summed E-state index contributed by atoms with van der Waals surface area (Å²) in [5, 5.41) is 0. The number of carbonyl (C=O) groups excluding carboxylic acids is 1. The van der Waals surface area contributed by atoms with Gasteiger partial charge in [0.25, 0.3) is 10.0 Å². The molecule has 0 saturated carbocycles. The lowest BCUT2D eigenvalue weighted by Gasteiger charge is -2.29. The van der Waals surface area contributed by atoms with E-state index in [1.807, 2.05) is 30.3 Å². The molecule has 2 aromatic rings. The van der Waals surface area contributed by atoms with Crippen LogP contribution in [0.15, 0.2) is 64.5 Å². The predicted octanol–water partition coefficient (Wildman–Crippen LogP) is 3.28. The van der Waals surface area contributed by atoms with Crippen LogP contribution in [-0.2, 0) is 19.6 Å². The Hall–Kier alpha value is -2.71. The van der Waals surface area contributed by atoms with Gasteiger partial charge in [-0.1, -0.05) is 55.3 Å². The monoisotopic (exact) mass is 455 g/mol. The summed E-state index contributed by atoms with van der Waals surface area (Å²) < 4.78 is 32.5. The van der Waals surface area contributed by atoms with E-state index in [1.165, 1.54) is 12.8 Å². The molecule has 8 heteroatoms. The van der Waals surface area contributed by atoms with Crippen molar-refractivity contribution < 1.29 is 17.9 Å². The van der Waals surface area contributed by atoms with Crippen molar-refractivity contribution >= 4 is 21.8 Å². The first kappa shape index (κ1) is 22.5. The summed E-state index contributed by atoms with van der Waals surface area (Å²) in [5.41, 5.74) is 1.53. The molecule has 1 fully saturated rings. The molecule has 4 rings (SSSR count). The van der Waals surface area contributed by atoms with E-state index in [2.05, 4.69) is 14.6 Å². The highest BCUT2D eigenvalue weighted by molar-refractivity contribution is 7.90. The maximum absolute atomic E-state index is 13.0. The van der Waals surface area contributed by atoms with Crippen LogP contribution in [0.5, 0.6) is 0 Å². The number of carbonyl (C=O) groups is 1. The molecule has 2 heterocycles. The molecule has 0 bridgehead atoms. The molecule has 32 heavy (non-hydrogen) atoms. The van der Waals surface area contributed by atoms with Crippen LogP contribution in [0.4, 0.5) is 0 Å². The van der Waals surface area contributed by atoms with Crippen molar-refractivity contribution in [3.8, 4) is 0 Å². The average molecular weight is 456 g/mol. The van der Waals surface area contributed by atoms with Crippen LogP contribution in [0.1, 0.15) is 49.3 Å². The fourth-order valence-electron chi connectivity index (χ4n) is 4.24. The number of likely N-dealkylation sites (tertiary alicyclic amines) is 1. The van der Waals surface area contributed by atoms with E-state index >= 15 is 0 Å². The molecule has 2 aliphatic heterocycles. The predicted molar refractivity (Wildman–Crippen MR) is 123 cm³/mol. The third-order valence-corrected chi connectivity index (χ3v) is 7.22. The molecule has 0 aromatic heterocycles. The molecular weight excluding hydrogens is 426 g/mol. The third kappa shape index (κ3) is 5.19. The molecule has 1 saturated heterocycles. The quantitative estimate of drug-likeness (QED) is 0.511. The number of hydrogen-bond donors (Lipinski definition) is 1. The molecule has 1 atom stereocenters. The van der Waals surface area contributed by atoms with Crippen LogP contribution in [-0.4, -0.2) is 51.4 Å². The maximum atomic E-state index is 13.0. The lowest BCUT2D eigenvalue weighted by atomic mass is 10.1. The van der Waals surface area contributed by atoms with Gasteiger partial charge in [0.1, 0.15) is 11.9 Å². The van der Waals surface area contributed by atoms with Crippen molar-refractivity contribution in [1.82, 2.24) is 9.62 Å². The number of sulfonamides is 1. The number of hydrogen-bond acceptors (Lipinski definition) is 6. The second kappa shape index (κ2) is 10.3. The van der Waals surface area contributed by atoms with Gasteiger partial charge in [0, 0.05) is 18.5 Å².